The summed E-state index contributed by atoms with van der Waals surface area (Å²) >= 11 is 1.46. The van der Waals surface area contributed by atoms with Crippen molar-refractivity contribution in [1.82, 2.24) is 15.0 Å². The smallest absolute Gasteiger partial charge is 0.251 e. The Morgan fingerprint density at radius 3 is 2.95 bits per heavy atom. The van der Waals surface area contributed by atoms with E-state index in [9.17, 15) is 4.79 Å². The third-order valence-electron chi connectivity index (χ3n) is 2.40. The topological polar surface area (TPSA) is 70.7 Å². The summed E-state index contributed by atoms with van der Waals surface area (Å²) in [5.41, 5.74) is 1.89. The second-order valence-electron chi connectivity index (χ2n) is 3.99. The van der Waals surface area contributed by atoms with Crippen molar-refractivity contribution in [3.8, 4) is 0 Å². The summed E-state index contributed by atoms with van der Waals surface area (Å²) in [5, 5.41) is 3.93. The predicted molar refractivity (Wildman–Crippen MR) is 77.4 cm³/mol. The fourth-order valence-electron chi connectivity index (χ4n) is 1.50. The molecular weight excluding hydrogens is 260 g/mol. The first-order chi connectivity index (χ1) is 9.28. The molecule has 2 rings (SSSR count). The van der Waals surface area contributed by atoms with Crippen molar-refractivity contribution in [2.45, 2.75) is 24.3 Å². The van der Waals surface area contributed by atoms with Crippen molar-refractivity contribution in [2.75, 3.05) is 11.9 Å². The van der Waals surface area contributed by atoms with E-state index in [4.69, 9.17) is 0 Å². The summed E-state index contributed by atoms with van der Waals surface area (Å²) < 4.78 is 0. The van der Waals surface area contributed by atoms with E-state index in [0.717, 1.165) is 24.3 Å². The normalized spacial score (nSPS) is 10.4. The van der Waals surface area contributed by atoms with Gasteiger partial charge in [-0.25, -0.2) is 4.98 Å². The number of thioether (sulfide) groups is 1. The number of rotatable bonds is 6. The summed E-state index contributed by atoms with van der Waals surface area (Å²) in [6.07, 6.45) is 4.38. The molecule has 0 aliphatic carbocycles. The Labute approximate surface area is 115 Å². The summed E-state index contributed by atoms with van der Waals surface area (Å²) in [5.74, 6) is 0.675. The third-order valence-corrected chi connectivity index (χ3v) is 3.32. The second-order valence-corrected chi connectivity index (χ2v) is 4.95. The van der Waals surface area contributed by atoms with Crippen LogP contribution in [0.1, 0.15) is 19.0 Å². The fourth-order valence-corrected chi connectivity index (χ4v) is 2.25. The predicted octanol–water partition coefficient (Wildman–Crippen LogP) is 2.28. The molecular formula is C13H16N4OS. The van der Waals surface area contributed by atoms with Crippen molar-refractivity contribution >= 4 is 17.4 Å². The molecule has 6 heteroatoms. The molecule has 2 heterocycles. The van der Waals surface area contributed by atoms with Crippen molar-refractivity contribution in [2.24, 2.45) is 0 Å². The first-order valence-electron chi connectivity index (χ1n) is 6.15. The van der Waals surface area contributed by atoms with Crippen LogP contribution < -0.4 is 10.9 Å². The Morgan fingerprint density at radius 1 is 1.32 bits per heavy atom. The van der Waals surface area contributed by atoms with Gasteiger partial charge in [0.2, 0.25) is 0 Å². The standard InChI is InChI=1S/C13H16N4OS/c1-2-5-14-10-3-6-15-11(8-10)9-19-13-16-7-4-12(18)17-13/h3-4,6-8H,2,5,9H2,1H3,(H,14,15)(H,16,17,18). The van der Waals surface area contributed by atoms with Crippen LogP contribution in [0.3, 0.4) is 0 Å². The summed E-state index contributed by atoms with van der Waals surface area (Å²) in [6.45, 7) is 3.08. The number of hydrogen-bond acceptors (Lipinski definition) is 5. The molecule has 100 valence electrons. The minimum Gasteiger partial charge on any atom is -0.385 e. The first kappa shape index (κ1) is 13.6. The van der Waals surface area contributed by atoms with Crippen LogP contribution in [0, 0.1) is 0 Å². The Balaban J connectivity index is 1.97. The minimum atomic E-state index is -0.135. The maximum atomic E-state index is 11.1. The molecule has 0 aliphatic heterocycles. The molecule has 2 N–H and O–H groups in total. The second kappa shape index (κ2) is 6.94. The Kier molecular flexibility index (Phi) is 4.97. The Hall–Kier alpha value is -1.82. The van der Waals surface area contributed by atoms with Gasteiger partial charge in [0.1, 0.15) is 0 Å². The van der Waals surface area contributed by atoms with E-state index < -0.39 is 0 Å². The number of pyridine rings is 1. The number of aromatic nitrogens is 3. The fraction of sp³-hybridized carbons (Fsp3) is 0.308. The lowest BCUT2D eigenvalue weighted by Gasteiger charge is -2.06. The highest BCUT2D eigenvalue weighted by Gasteiger charge is 2.01. The number of nitrogens with zero attached hydrogens (tertiary/aromatic N) is 2. The lowest BCUT2D eigenvalue weighted by molar-refractivity contribution is 0.935. The summed E-state index contributed by atoms with van der Waals surface area (Å²) in [6, 6.07) is 5.37. The zero-order valence-electron chi connectivity index (χ0n) is 10.7. The largest absolute Gasteiger partial charge is 0.385 e. The highest BCUT2D eigenvalue weighted by molar-refractivity contribution is 7.98. The van der Waals surface area contributed by atoms with Crippen LogP contribution in [0.25, 0.3) is 0 Å². The van der Waals surface area contributed by atoms with E-state index in [-0.39, 0.29) is 5.56 Å². The summed E-state index contributed by atoms with van der Waals surface area (Å²) in [7, 11) is 0. The van der Waals surface area contributed by atoms with Crippen LogP contribution in [0.5, 0.6) is 0 Å². The zero-order valence-corrected chi connectivity index (χ0v) is 11.5. The number of aromatic amines is 1. The molecule has 0 aliphatic rings. The highest BCUT2D eigenvalue weighted by atomic mass is 32.2. The van der Waals surface area contributed by atoms with Gasteiger partial charge >= 0.3 is 0 Å². The molecule has 0 aromatic carbocycles. The van der Waals surface area contributed by atoms with Gasteiger partial charge in [-0.15, -0.1) is 0 Å². The van der Waals surface area contributed by atoms with Crippen LogP contribution >= 0.6 is 11.8 Å². The molecule has 0 amide bonds. The van der Waals surface area contributed by atoms with Gasteiger partial charge < -0.3 is 10.3 Å². The number of H-pyrrole nitrogens is 1. The molecule has 5 nitrogen and oxygen atoms in total. The Bertz CT molecular complexity index is 585. The van der Waals surface area contributed by atoms with Gasteiger partial charge in [0.15, 0.2) is 5.16 Å². The molecule has 0 bridgehead atoms. The molecule has 0 radical (unpaired) electrons. The van der Waals surface area contributed by atoms with E-state index >= 15 is 0 Å². The van der Waals surface area contributed by atoms with Crippen LogP contribution in [0.15, 0.2) is 40.5 Å². The van der Waals surface area contributed by atoms with Gasteiger partial charge in [-0.1, -0.05) is 18.7 Å². The van der Waals surface area contributed by atoms with E-state index in [1.54, 1.807) is 6.20 Å². The van der Waals surface area contributed by atoms with E-state index in [0.29, 0.717) is 10.9 Å². The summed E-state index contributed by atoms with van der Waals surface area (Å²) in [4.78, 5) is 22.2. The van der Waals surface area contributed by atoms with Gasteiger partial charge in [-0.3, -0.25) is 9.78 Å². The average molecular weight is 276 g/mol. The maximum absolute atomic E-state index is 11.1. The van der Waals surface area contributed by atoms with Gasteiger partial charge in [0.25, 0.3) is 5.56 Å². The molecule has 0 unspecified atom stereocenters. The molecule has 2 aromatic heterocycles. The first-order valence-corrected chi connectivity index (χ1v) is 7.13. The molecule has 0 saturated heterocycles. The van der Waals surface area contributed by atoms with Crippen molar-refractivity contribution in [3.63, 3.8) is 0 Å². The van der Waals surface area contributed by atoms with Gasteiger partial charge in [-0.2, -0.15) is 0 Å². The molecule has 0 spiro atoms. The number of hydrogen-bond donors (Lipinski definition) is 2. The molecule has 19 heavy (non-hydrogen) atoms. The lowest BCUT2D eigenvalue weighted by atomic mass is 10.3. The minimum absolute atomic E-state index is 0.135. The van der Waals surface area contributed by atoms with E-state index in [1.807, 2.05) is 12.1 Å². The number of nitrogens with one attached hydrogen (secondary N) is 2. The van der Waals surface area contributed by atoms with Crippen molar-refractivity contribution in [1.29, 1.82) is 0 Å². The average Bonchev–Trinajstić information content (AvgIpc) is 2.43. The molecule has 0 atom stereocenters. The lowest BCUT2D eigenvalue weighted by Crippen LogP contribution is -2.05. The van der Waals surface area contributed by atoms with Gasteiger partial charge in [0, 0.05) is 36.4 Å². The SMILES string of the molecule is CCCNc1ccnc(CSc2nccc(=O)[nH]2)c1. The van der Waals surface area contributed by atoms with Crippen molar-refractivity contribution < 1.29 is 0 Å². The van der Waals surface area contributed by atoms with Crippen molar-refractivity contribution in [3.05, 3.63) is 46.6 Å². The number of anilines is 1. The zero-order chi connectivity index (χ0) is 13.5. The van der Waals surface area contributed by atoms with Gasteiger partial charge in [0.05, 0.1) is 5.69 Å². The highest BCUT2D eigenvalue weighted by Crippen LogP contribution is 2.18. The third kappa shape index (κ3) is 4.40. The molecule has 2 aromatic rings. The van der Waals surface area contributed by atoms with E-state index in [1.165, 1.54) is 24.0 Å². The quantitative estimate of drug-likeness (QED) is 0.625. The van der Waals surface area contributed by atoms with E-state index in [2.05, 4.69) is 27.2 Å². The van der Waals surface area contributed by atoms with Crippen LogP contribution in [-0.2, 0) is 5.75 Å². The van der Waals surface area contributed by atoms with Crippen LogP contribution in [-0.4, -0.2) is 21.5 Å². The molecule has 0 saturated carbocycles. The van der Waals surface area contributed by atoms with Crippen LogP contribution in [0.2, 0.25) is 0 Å². The maximum Gasteiger partial charge on any atom is 0.251 e. The Morgan fingerprint density at radius 2 is 2.16 bits per heavy atom. The van der Waals surface area contributed by atoms with Crippen LogP contribution in [0.4, 0.5) is 5.69 Å². The molecule has 0 fully saturated rings. The van der Waals surface area contributed by atoms with Gasteiger partial charge in [-0.05, 0) is 18.6 Å². The monoisotopic (exact) mass is 276 g/mol.